The van der Waals surface area contributed by atoms with Crippen LogP contribution in [0.4, 0.5) is 32.0 Å². The third-order valence-corrected chi connectivity index (χ3v) is 5.29. The number of carbonyl (C=O) groups excluding carboxylic acids is 1. The number of pyridine rings is 1. The van der Waals surface area contributed by atoms with Crippen LogP contribution in [0.25, 0.3) is 10.9 Å². The molecule has 4 rings (SSSR count). The number of halogens is 7. The van der Waals surface area contributed by atoms with Crippen molar-refractivity contribution < 1.29 is 31.1 Å². The fraction of sp³-hybridized carbons (Fsp3) is 0.409. The van der Waals surface area contributed by atoms with E-state index in [4.69, 9.17) is 23.1 Å². The number of nitrogen functional groups attached to an aromatic ring is 1. The molecule has 4 N–H and O–H groups in total. The number of primary amides is 1. The van der Waals surface area contributed by atoms with Crippen LogP contribution in [0.1, 0.15) is 66.7 Å². The summed E-state index contributed by atoms with van der Waals surface area (Å²) in [5, 5.41) is 4.06. The Bertz CT molecular complexity index is 1120. The van der Waals surface area contributed by atoms with Gasteiger partial charge in [-0.15, -0.1) is 0 Å². The van der Waals surface area contributed by atoms with Crippen molar-refractivity contribution in [3.05, 3.63) is 52.4 Å². The van der Waals surface area contributed by atoms with E-state index < -0.39 is 42.3 Å². The quantitative estimate of drug-likeness (QED) is 0.374. The van der Waals surface area contributed by atoms with Crippen molar-refractivity contribution in [2.45, 2.75) is 57.9 Å². The Morgan fingerprint density at radius 3 is 2.11 bits per heavy atom. The Balaban J connectivity index is 0.000000203. The van der Waals surface area contributed by atoms with Crippen LogP contribution in [0.3, 0.4) is 0 Å². The van der Waals surface area contributed by atoms with Crippen LogP contribution in [-0.2, 0) is 13.0 Å². The first-order valence-corrected chi connectivity index (χ1v) is 11.0. The molecule has 2 heterocycles. The lowest BCUT2D eigenvalue weighted by atomic mass is 10.0. The Morgan fingerprint density at radius 2 is 1.66 bits per heavy atom. The summed E-state index contributed by atoms with van der Waals surface area (Å²) < 4.78 is 74.2. The summed E-state index contributed by atoms with van der Waals surface area (Å²) in [6.07, 6.45) is 2.35. The van der Waals surface area contributed by atoms with E-state index in [1.54, 1.807) is 0 Å². The molecule has 0 unspecified atom stereocenters. The standard InChI is InChI=1S/C10H6ClF3N2.C6H6F3N3O.C6H12/c11-5-1-2-8-6(3-5)7(15)4-9(16-8)10(12,13)14;7-2-12-4(5(8)9)3(1-11-12)6(10)13;1-2-4-6-5-3-1/h1-4H,(H2,15,16);1,5H,2H2,(H2,10,13);1-6H2. The van der Waals surface area contributed by atoms with Crippen molar-refractivity contribution in [2.75, 3.05) is 5.73 Å². The molecule has 1 aliphatic rings. The van der Waals surface area contributed by atoms with Crippen LogP contribution in [0.2, 0.25) is 5.02 Å². The molecule has 0 bridgehead atoms. The van der Waals surface area contributed by atoms with E-state index in [0.29, 0.717) is 15.1 Å². The Kier molecular flexibility index (Phi) is 10.2. The minimum atomic E-state index is -4.50. The van der Waals surface area contributed by atoms with Crippen LogP contribution >= 0.6 is 11.6 Å². The minimum absolute atomic E-state index is 0.0137. The van der Waals surface area contributed by atoms with Crippen molar-refractivity contribution >= 4 is 34.1 Å². The summed E-state index contributed by atoms with van der Waals surface area (Å²) in [4.78, 5) is 14.1. The number of anilines is 1. The SMILES string of the molecule is C1CCCCC1.NC(=O)c1cnn(CF)c1C(F)F.Nc1cc(C(F)(F)F)nc2ccc(Cl)cc12. The van der Waals surface area contributed by atoms with Gasteiger partial charge in [0, 0.05) is 16.1 Å². The number of benzene rings is 1. The van der Waals surface area contributed by atoms with Crippen molar-refractivity contribution in [2.24, 2.45) is 5.73 Å². The minimum Gasteiger partial charge on any atom is -0.398 e. The van der Waals surface area contributed by atoms with E-state index in [9.17, 15) is 31.1 Å². The molecule has 6 nitrogen and oxygen atoms in total. The highest BCUT2D eigenvalue weighted by Gasteiger charge is 2.33. The Labute approximate surface area is 202 Å². The van der Waals surface area contributed by atoms with Gasteiger partial charge in [-0.05, 0) is 24.3 Å². The van der Waals surface area contributed by atoms with Crippen LogP contribution in [-0.4, -0.2) is 20.7 Å². The second-order valence-electron chi connectivity index (χ2n) is 7.60. The van der Waals surface area contributed by atoms with Gasteiger partial charge in [0.1, 0.15) is 11.4 Å². The number of rotatable bonds is 3. The number of alkyl halides is 6. The molecular formula is C22H24ClF6N5O. The van der Waals surface area contributed by atoms with E-state index in [2.05, 4.69) is 10.1 Å². The predicted molar refractivity (Wildman–Crippen MR) is 121 cm³/mol. The largest absolute Gasteiger partial charge is 0.433 e. The Morgan fingerprint density at radius 1 is 1.09 bits per heavy atom. The first-order valence-electron chi connectivity index (χ1n) is 10.6. The number of fused-ring (bicyclic) bond motifs is 1. The monoisotopic (exact) mass is 523 g/mol. The molecule has 35 heavy (non-hydrogen) atoms. The smallest absolute Gasteiger partial charge is 0.398 e. The van der Waals surface area contributed by atoms with Gasteiger partial charge in [-0.1, -0.05) is 50.1 Å². The zero-order valence-corrected chi connectivity index (χ0v) is 19.2. The molecule has 0 saturated heterocycles. The maximum absolute atomic E-state index is 12.4. The van der Waals surface area contributed by atoms with Crippen molar-refractivity contribution in [3.63, 3.8) is 0 Å². The zero-order chi connectivity index (χ0) is 26.2. The van der Waals surface area contributed by atoms with Gasteiger partial charge in [0.05, 0.1) is 17.3 Å². The van der Waals surface area contributed by atoms with Crippen LogP contribution in [0.5, 0.6) is 0 Å². The lowest BCUT2D eigenvalue weighted by molar-refractivity contribution is -0.140. The molecule has 13 heteroatoms. The Hall–Kier alpha value is -3.02. The molecule has 1 amide bonds. The molecule has 0 radical (unpaired) electrons. The van der Waals surface area contributed by atoms with Gasteiger partial charge in [-0.3, -0.25) is 4.79 Å². The molecule has 1 saturated carbocycles. The number of nitrogens with two attached hydrogens (primary N) is 2. The second-order valence-corrected chi connectivity index (χ2v) is 8.04. The molecule has 1 fully saturated rings. The molecule has 0 spiro atoms. The zero-order valence-electron chi connectivity index (χ0n) is 18.5. The van der Waals surface area contributed by atoms with E-state index in [1.165, 1.54) is 56.7 Å². The average Bonchev–Trinajstić information content (AvgIpc) is 3.26. The number of amides is 1. The van der Waals surface area contributed by atoms with E-state index in [1.807, 2.05) is 0 Å². The lowest BCUT2D eigenvalue weighted by Crippen LogP contribution is -2.14. The first-order chi connectivity index (χ1) is 16.5. The molecule has 2 aromatic heterocycles. The lowest BCUT2D eigenvalue weighted by Gasteiger charge is -2.09. The summed E-state index contributed by atoms with van der Waals surface area (Å²) in [7, 11) is 0. The number of hydrogen-bond donors (Lipinski definition) is 2. The summed E-state index contributed by atoms with van der Waals surface area (Å²) in [6.45, 7) is -1.22. The summed E-state index contributed by atoms with van der Waals surface area (Å²) >= 11 is 5.71. The fourth-order valence-corrected chi connectivity index (χ4v) is 3.51. The number of nitrogens with zero attached hydrogens (tertiary/aromatic N) is 3. The van der Waals surface area contributed by atoms with Crippen LogP contribution in [0.15, 0.2) is 30.5 Å². The molecule has 0 aliphatic heterocycles. The highest BCUT2D eigenvalue weighted by atomic mass is 35.5. The number of aromatic nitrogens is 3. The van der Waals surface area contributed by atoms with Gasteiger partial charge in [-0.25, -0.2) is 22.8 Å². The predicted octanol–water partition coefficient (Wildman–Crippen LogP) is 6.68. The average molecular weight is 524 g/mol. The summed E-state index contributed by atoms with van der Waals surface area (Å²) in [5.74, 6) is -1.05. The fourth-order valence-electron chi connectivity index (χ4n) is 3.34. The molecule has 0 atom stereocenters. The second kappa shape index (κ2) is 12.6. The van der Waals surface area contributed by atoms with Gasteiger partial charge in [-0.2, -0.15) is 18.3 Å². The normalized spacial score (nSPS) is 13.6. The third kappa shape index (κ3) is 8.01. The maximum atomic E-state index is 12.4. The molecular weight excluding hydrogens is 500 g/mol. The third-order valence-electron chi connectivity index (χ3n) is 5.06. The maximum Gasteiger partial charge on any atom is 0.433 e. The summed E-state index contributed by atoms with van der Waals surface area (Å²) in [6, 6.07) is 5.16. The van der Waals surface area contributed by atoms with E-state index in [-0.39, 0.29) is 11.2 Å². The van der Waals surface area contributed by atoms with Gasteiger partial charge >= 0.3 is 6.18 Å². The molecule has 3 aromatic rings. The van der Waals surface area contributed by atoms with Gasteiger partial charge in [0.15, 0.2) is 6.80 Å². The van der Waals surface area contributed by atoms with Gasteiger partial charge in [0.25, 0.3) is 12.3 Å². The van der Waals surface area contributed by atoms with Crippen molar-refractivity contribution in [3.8, 4) is 0 Å². The van der Waals surface area contributed by atoms with Gasteiger partial charge < -0.3 is 11.5 Å². The number of carbonyl (C=O) groups is 1. The highest BCUT2D eigenvalue weighted by Crippen LogP contribution is 2.32. The molecule has 192 valence electrons. The molecule has 1 aliphatic carbocycles. The molecule has 1 aromatic carbocycles. The first kappa shape index (κ1) is 28.2. The van der Waals surface area contributed by atoms with E-state index in [0.717, 1.165) is 12.3 Å². The summed E-state index contributed by atoms with van der Waals surface area (Å²) in [5.41, 5.74) is 8.25. The van der Waals surface area contributed by atoms with Crippen molar-refractivity contribution in [1.29, 1.82) is 0 Å². The van der Waals surface area contributed by atoms with Crippen LogP contribution < -0.4 is 11.5 Å². The van der Waals surface area contributed by atoms with Crippen molar-refractivity contribution in [1.82, 2.24) is 14.8 Å². The van der Waals surface area contributed by atoms with Gasteiger partial charge in [0.2, 0.25) is 0 Å². The number of hydrogen-bond acceptors (Lipinski definition) is 4. The van der Waals surface area contributed by atoms with E-state index >= 15 is 0 Å². The highest BCUT2D eigenvalue weighted by molar-refractivity contribution is 6.31. The topological polar surface area (TPSA) is 99.8 Å². The van der Waals surface area contributed by atoms with Crippen LogP contribution in [0, 0.1) is 0 Å².